The van der Waals surface area contributed by atoms with Crippen molar-refractivity contribution in [3.05, 3.63) is 43.2 Å². The van der Waals surface area contributed by atoms with Crippen LogP contribution in [0.2, 0.25) is 5.02 Å². The summed E-state index contributed by atoms with van der Waals surface area (Å²) < 4.78 is 0. The van der Waals surface area contributed by atoms with Gasteiger partial charge in [-0.2, -0.15) is 0 Å². The molecule has 0 aliphatic heterocycles. The van der Waals surface area contributed by atoms with Gasteiger partial charge < -0.3 is 20.6 Å². The maximum Gasteiger partial charge on any atom is 0.258 e. The van der Waals surface area contributed by atoms with Crippen molar-refractivity contribution in [2.45, 2.75) is 40.2 Å². The zero-order valence-corrected chi connectivity index (χ0v) is 17.9. The predicted octanol–water partition coefficient (Wildman–Crippen LogP) is 3.32. The minimum Gasteiger partial charge on any atom is -0.505 e. The van der Waals surface area contributed by atoms with Crippen LogP contribution in [0, 0.1) is 5.41 Å². The van der Waals surface area contributed by atoms with Gasteiger partial charge in [-0.25, -0.2) is 0 Å². The van der Waals surface area contributed by atoms with Crippen molar-refractivity contribution in [3.63, 3.8) is 0 Å². The molecule has 0 aliphatic rings. The first-order chi connectivity index (χ1) is 12.7. The number of nitrogens with one attached hydrogen (secondary N) is 2. The fourth-order valence-electron chi connectivity index (χ4n) is 2.36. The lowest BCUT2D eigenvalue weighted by Gasteiger charge is -2.41. The van der Waals surface area contributed by atoms with E-state index in [1.54, 1.807) is 0 Å². The molecule has 0 radical (unpaired) electrons. The Morgan fingerprint density at radius 3 is 2.07 bits per heavy atom. The number of amides is 1. The minimum absolute atomic E-state index is 0.0446. The standard InChI is InChI=1S/C20H26ClN3O4/c1-19(2,3)20(4,5)23-14-13(16(26)17(14)27)22-11-9-8-10(21)12(15(11)25)18(28)24(6)7/h8-9,22-23,25H,1-7H3. The molecular weight excluding hydrogens is 382 g/mol. The number of carbonyl (C=O) groups excluding carboxylic acids is 1. The maximum atomic E-state index is 12.3. The Kier molecular flexibility index (Phi) is 5.54. The van der Waals surface area contributed by atoms with Gasteiger partial charge in [-0.1, -0.05) is 32.4 Å². The molecule has 2 aromatic carbocycles. The number of hydrogen-bond donors (Lipinski definition) is 3. The van der Waals surface area contributed by atoms with E-state index >= 15 is 0 Å². The van der Waals surface area contributed by atoms with Gasteiger partial charge in [0.15, 0.2) is 5.75 Å². The normalized spacial score (nSPS) is 12.1. The Balaban J connectivity index is 2.46. The second-order valence-electron chi connectivity index (χ2n) is 8.55. The summed E-state index contributed by atoms with van der Waals surface area (Å²) in [6.45, 7) is 9.91. The fourth-order valence-corrected chi connectivity index (χ4v) is 2.59. The van der Waals surface area contributed by atoms with Crippen molar-refractivity contribution in [2.75, 3.05) is 24.7 Å². The Morgan fingerprint density at radius 2 is 1.57 bits per heavy atom. The topological polar surface area (TPSA) is 98.7 Å². The van der Waals surface area contributed by atoms with Crippen LogP contribution >= 0.6 is 11.6 Å². The molecule has 0 heterocycles. The molecule has 28 heavy (non-hydrogen) atoms. The molecule has 0 unspecified atom stereocenters. The molecule has 2 aromatic rings. The number of hydrogen-bond acceptors (Lipinski definition) is 6. The number of benzene rings is 1. The largest absolute Gasteiger partial charge is 0.505 e. The average molecular weight is 408 g/mol. The lowest BCUT2D eigenvalue weighted by molar-refractivity contribution is 0.0825. The van der Waals surface area contributed by atoms with E-state index < -0.39 is 22.3 Å². The number of rotatable bonds is 5. The van der Waals surface area contributed by atoms with E-state index in [4.69, 9.17) is 11.6 Å². The van der Waals surface area contributed by atoms with Crippen LogP contribution in [0.3, 0.4) is 0 Å². The highest BCUT2D eigenvalue weighted by Gasteiger charge is 2.36. The number of phenolic OH excluding ortho intramolecular Hbond substituents is 1. The third-order valence-corrected chi connectivity index (χ3v) is 5.54. The summed E-state index contributed by atoms with van der Waals surface area (Å²) >= 11 is 6.06. The molecule has 152 valence electrons. The molecule has 0 aromatic heterocycles. The molecular formula is C20H26ClN3O4. The first-order valence-electron chi connectivity index (χ1n) is 8.80. The summed E-state index contributed by atoms with van der Waals surface area (Å²) in [7, 11) is 3.07. The molecule has 0 saturated carbocycles. The van der Waals surface area contributed by atoms with E-state index in [-0.39, 0.29) is 38.8 Å². The van der Waals surface area contributed by atoms with Gasteiger partial charge in [0.1, 0.15) is 16.9 Å². The van der Waals surface area contributed by atoms with E-state index in [0.717, 1.165) is 0 Å². The Bertz CT molecular complexity index is 996. The second-order valence-corrected chi connectivity index (χ2v) is 8.96. The van der Waals surface area contributed by atoms with Crippen LogP contribution in [-0.2, 0) is 0 Å². The second kappa shape index (κ2) is 7.13. The summed E-state index contributed by atoms with van der Waals surface area (Å²) in [6, 6.07) is 2.89. The van der Waals surface area contributed by atoms with Crippen molar-refractivity contribution in [1.29, 1.82) is 0 Å². The first-order valence-corrected chi connectivity index (χ1v) is 9.18. The van der Waals surface area contributed by atoms with Crippen LogP contribution in [0.15, 0.2) is 21.7 Å². The Labute approximate surface area is 169 Å². The molecule has 0 aliphatic carbocycles. The maximum absolute atomic E-state index is 12.3. The van der Waals surface area contributed by atoms with Crippen LogP contribution in [0.1, 0.15) is 45.0 Å². The van der Waals surface area contributed by atoms with Gasteiger partial charge in [-0.3, -0.25) is 14.4 Å². The van der Waals surface area contributed by atoms with Crippen molar-refractivity contribution in [2.24, 2.45) is 5.41 Å². The number of carbonyl (C=O) groups is 1. The van der Waals surface area contributed by atoms with E-state index in [9.17, 15) is 19.5 Å². The highest BCUT2D eigenvalue weighted by Crippen LogP contribution is 2.38. The van der Waals surface area contributed by atoms with E-state index in [1.807, 2.05) is 34.6 Å². The smallest absolute Gasteiger partial charge is 0.258 e. The molecule has 0 saturated heterocycles. The van der Waals surface area contributed by atoms with Gasteiger partial charge in [0, 0.05) is 19.6 Å². The number of aromatic hydroxyl groups is 1. The van der Waals surface area contributed by atoms with E-state index in [2.05, 4.69) is 10.6 Å². The van der Waals surface area contributed by atoms with E-state index in [1.165, 1.54) is 31.1 Å². The molecule has 3 N–H and O–H groups in total. The molecule has 0 atom stereocenters. The average Bonchev–Trinajstić information content (AvgIpc) is 2.58. The van der Waals surface area contributed by atoms with Crippen LogP contribution in [0.25, 0.3) is 0 Å². The monoisotopic (exact) mass is 407 g/mol. The summed E-state index contributed by atoms with van der Waals surface area (Å²) in [5.41, 5.74) is -1.78. The summed E-state index contributed by atoms with van der Waals surface area (Å²) in [5, 5.41) is 16.5. The number of anilines is 3. The van der Waals surface area contributed by atoms with Crippen LogP contribution in [0.5, 0.6) is 5.75 Å². The van der Waals surface area contributed by atoms with Crippen molar-refractivity contribution < 1.29 is 9.90 Å². The van der Waals surface area contributed by atoms with Crippen LogP contribution in [-0.4, -0.2) is 35.5 Å². The number of phenols is 1. The molecule has 0 fully saturated rings. The highest BCUT2D eigenvalue weighted by atomic mass is 35.5. The lowest BCUT2D eigenvalue weighted by Crippen LogP contribution is -2.48. The number of halogens is 1. The zero-order chi connectivity index (χ0) is 21.6. The van der Waals surface area contributed by atoms with E-state index in [0.29, 0.717) is 0 Å². The summed E-state index contributed by atoms with van der Waals surface area (Å²) in [4.78, 5) is 37.8. The molecule has 0 bridgehead atoms. The van der Waals surface area contributed by atoms with Gasteiger partial charge >= 0.3 is 0 Å². The van der Waals surface area contributed by atoms with Crippen molar-refractivity contribution >= 4 is 34.6 Å². The van der Waals surface area contributed by atoms with Crippen LogP contribution < -0.4 is 21.5 Å². The van der Waals surface area contributed by atoms with Crippen LogP contribution in [0.4, 0.5) is 17.1 Å². The lowest BCUT2D eigenvalue weighted by atomic mass is 9.76. The SMILES string of the molecule is CN(C)C(=O)c1c(Cl)ccc(Nc2c(NC(C)(C)C(C)(C)C)c(=O)c2=O)c1O. The molecule has 7 nitrogen and oxygen atoms in total. The molecule has 0 spiro atoms. The molecule has 8 heteroatoms. The third-order valence-electron chi connectivity index (χ3n) is 5.23. The van der Waals surface area contributed by atoms with Gasteiger partial charge in [0.05, 0.1) is 10.7 Å². The quantitative estimate of drug-likeness (QED) is 0.519. The summed E-state index contributed by atoms with van der Waals surface area (Å²) in [6.07, 6.45) is 0. The highest BCUT2D eigenvalue weighted by molar-refractivity contribution is 6.34. The van der Waals surface area contributed by atoms with Gasteiger partial charge in [0.25, 0.3) is 16.8 Å². The zero-order valence-electron chi connectivity index (χ0n) is 17.2. The predicted molar refractivity (Wildman–Crippen MR) is 113 cm³/mol. The fraction of sp³-hybridized carbons (Fsp3) is 0.450. The third kappa shape index (κ3) is 3.71. The Hall–Kier alpha value is -2.54. The van der Waals surface area contributed by atoms with Gasteiger partial charge in [-0.15, -0.1) is 0 Å². The Morgan fingerprint density at radius 1 is 1.04 bits per heavy atom. The minimum atomic E-state index is -0.693. The van der Waals surface area contributed by atoms with Crippen molar-refractivity contribution in [3.8, 4) is 5.75 Å². The molecule has 2 rings (SSSR count). The van der Waals surface area contributed by atoms with Gasteiger partial charge in [-0.05, 0) is 31.4 Å². The number of nitrogens with zero attached hydrogens (tertiary/aromatic N) is 1. The first kappa shape index (κ1) is 21.8. The molecule has 1 amide bonds. The van der Waals surface area contributed by atoms with Gasteiger partial charge in [0.2, 0.25) is 0 Å². The summed E-state index contributed by atoms with van der Waals surface area (Å²) in [5.74, 6) is -0.872. The van der Waals surface area contributed by atoms with Crippen molar-refractivity contribution in [1.82, 2.24) is 4.90 Å².